The molecule has 0 radical (unpaired) electrons. The minimum atomic E-state index is -0.109. The highest BCUT2D eigenvalue weighted by Crippen LogP contribution is 2.49. The summed E-state index contributed by atoms with van der Waals surface area (Å²) >= 11 is 3.53. The summed E-state index contributed by atoms with van der Waals surface area (Å²) in [6, 6.07) is 24.6. The zero-order chi connectivity index (χ0) is 21.0. The van der Waals surface area contributed by atoms with E-state index in [1.165, 1.54) is 22.3 Å². The molecule has 3 aromatic carbocycles. The lowest BCUT2D eigenvalue weighted by atomic mass is 10.1. The lowest BCUT2D eigenvalue weighted by Gasteiger charge is -2.25. The number of nitrogens with one attached hydrogen (secondary N) is 1. The zero-order valence-electron chi connectivity index (χ0n) is 16.9. The summed E-state index contributed by atoms with van der Waals surface area (Å²) in [7, 11) is 0. The average Bonchev–Trinajstić information content (AvgIpc) is 3.09. The van der Waals surface area contributed by atoms with Crippen LogP contribution in [0.1, 0.15) is 21.9 Å². The first kappa shape index (κ1) is 20.2. The fraction of sp³-hybridized carbons (Fsp3) is 0.200. The number of carbonyl (C=O) groups excluding carboxylic acids is 1. The number of benzene rings is 3. The first-order chi connectivity index (χ1) is 15.3. The Morgan fingerprint density at radius 1 is 1.03 bits per heavy atom. The molecule has 1 aliphatic heterocycles. The van der Waals surface area contributed by atoms with Crippen molar-refractivity contribution in [1.29, 1.82) is 0 Å². The van der Waals surface area contributed by atoms with Crippen molar-refractivity contribution in [2.75, 3.05) is 17.3 Å². The highest BCUT2D eigenvalue weighted by atomic mass is 32.2. The molecule has 2 aliphatic rings. The molecule has 31 heavy (non-hydrogen) atoms. The highest BCUT2D eigenvalue weighted by Gasteiger charge is 2.28. The van der Waals surface area contributed by atoms with Gasteiger partial charge in [0.2, 0.25) is 5.91 Å². The summed E-state index contributed by atoms with van der Waals surface area (Å²) in [5.74, 6) is 3.16. The van der Waals surface area contributed by atoms with Crippen LogP contribution in [-0.4, -0.2) is 35.5 Å². The van der Waals surface area contributed by atoms with Gasteiger partial charge in [0, 0.05) is 11.5 Å². The summed E-state index contributed by atoms with van der Waals surface area (Å²) in [5, 5.41) is 4.30. The van der Waals surface area contributed by atoms with Gasteiger partial charge in [-0.05, 0) is 39.9 Å². The van der Waals surface area contributed by atoms with Crippen LogP contribution in [0.3, 0.4) is 0 Å². The van der Waals surface area contributed by atoms with E-state index in [2.05, 4.69) is 59.1 Å². The van der Waals surface area contributed by atoms with E-state index >= 15 is 0 Å². The molecule has 0 unspecified atom stereocenters. The Labute approximate surface area is 190 Å². The van der Waals surface area contributed by atoms with Crippen molar-refractivity contribution in [2.24, 2.45) is 5.10 Å². The molecule has 156 valence electrons. The van der Waals surface area contributed by atoms with E-state index in [0.29, 0.717) is 11.9 Å². The number of amides is 1. The smallest absolute Gasteiger partial charge is 0.250 e. The Bertz CT molecular complexity index is 1080. The molecule has 0 aromatic heterocycles. The van der Waals surface area contributed by atoms with Gasteiger partial charge in [-0.25, -0.2) is 5.43 Å². The fourth-order valence-electron chi connectivity index (χ4n) is 3.80. The SMILES string of the molecule is O=C(CSC1c2ccccc2-c2ccccc21)N/N=C\c1cccc(OC2CSC2)c1. The van der Waals surface area contributed by atoms with Crippen LogP contribution in [0.4, 0.5) is 0 Å². The van der Waals surface area contributed by atoms with Crippen LogP contribution in [0.2, 0.25) is 0 Å². The van der Waals surface area contributed by atoms with E-state index < -0.39 is 0 Å². The first-order valence-electron chi connectivity index (χ1n) is 10.2. The van der Waals surface area contributed by atoms with Crippen LogP contribution in [-0.2, 0) is 4.79 Å². The zero-order valence-corrected chi connectivity index (χ0v) is 18.5. The summed E-state index contributed by atoms with van der Waals surface area (Å²) in [4.78, 5) is 12.4. The van der Waals surface area contributed by atoms with Gasteiger partial charge in [0.05, 0.1) is 17.2 Å². The minimum absolute atomic E-state index is 0.109. The van der Waals surface area contributed by atoms with Crippen molar-refractivity contribution in [1.82, 2.24) is 5.43 Å². The lowest BCUT2D eigenvalue weighted by molar-refractivity contribution is -0.118. The maximum atomic E-state index is 12.4. The molecular formula is C25H22N2O2S2. The largest absolute Gasteiger partial charge is 0.489 e. The van der Waals surface area contributed by atoms with E-state index in [9.17, 15) is 4.79 Å². The number of hydrogen-bond donors (Lipinski definition) is 1. The summed E-state index contributed by atoms with van der Waals surface area (Å²) < 4.78 is 5.90. The molecule has 5 rings (SSSR count). The Morgan fingerprint density at radius 2 is 1.74 bits per heavy atom. The van der Waals surface area contributed by atoms with Crippen molar-refractivity contribution in [3.8, 4) is 16.9 Å². The second-order valence-corrected chi connectivity index (χ2v) is 9.68. The molecular weight excluding hydrogens is 424 g/mol. The first-order valence-corrected chi connectivity index (χ1v) is 12.4. The normalized spacial score (nSPS) is 15.4. The van der Waals surface area contributed by atoms with Gasteiger partial charge in [0.25, 0.3) is 0 Å². The molecule has 4 nitrogen and oxygen atoms in total. The van der Waals surface area contributed by atoms with Gasteiger partial charge in [-0.2, -0.15) is 16.9 Å². The van der Waals surface area contributed by atoms with Gasteiger partial charge < -0.3 is 4.74 Å². The molecule has 3 aromatic rings. The molecule has 1 heterocycles. The lowest BCUT2D eigenvalue weighted by Crippen LogP contribution is -2.31. The average molecular weight is 447 g/mol. The number of carbonyl (C=O) groups is 1. The Hall–Kier alpha value is -2.70. The molecule has 0 bridgehead atoms. The summed E-state index contributed by atoms with van der Waals surface area (Å²) in [6.07, 6.45) is 1.96. The van der Waals surface area contributed by atoms with E-state index in [1.54, 1.807) is 18.0 Å². The van der Waals surface area contributed by atoms with E-state index in [1.807, 2.05) is 36.0 Å². The predicted molar refractivity (Wildman–Crippen MR) is 130 cm³/mol. The Morgan fingerprint density at radius 3 is 2.42 bits per heavy atom. The molecule has 1 amide bonds. The standard InChI is InChI=1S/C25H22N2O2S2/c28-24(27-26-13-17-6-5-7-18(12-17)29-19-14-30-15-19)16-31-25-22-10-3-1-8-20(22)21-9-2-4-11-23(21)25/h1-13,19,25H,14-16H2,(H,27,28)/b26-13-. The van der Waals surface area contributed by atoms with Crippen molar-refractivity contribution < 1.29 is 9.53 Å². The van der Waals surface area contributed by atoms with Crippen LogP contribution in [0.15, 0.2) is 77.9 Å². The third-order valence-electron chi connectivity index (χ3n) is 5.33. The second kappa shape index (κ2) is 9.20. The number of hydrogen-bond acceptors (Lipinski definition) is 5. The Balaban J connectivity index is 1.18. The van der Waals surface area contributed by atoms with Gasteiger partial charge in [0.1, 0.15) is 11.9 Å². The number of rotatable bonds is 7. The van der Waals surface area contributed by atoms with Gasteiger partial charge in [-0.1, -0.05) is 60.7 Å². The molecule has 1 saturated heterocycles. The van der Waals surface area contributed by atoms with Crippen LogP contribution in [0, 0.1) is 0 Å². The van der Waals surface area contributed by atoms with Gasteiger partial charge in [-0.3, -0.25) is 4.79 Å². The van der Waals surface area contributed by atoms with Crippen LogP contribution >= 0.6 is 23.5 Å². The maximum Gasteiger partial charge on any atom is 0.250 e. The molecule has 6 heteroatoms. The number of nitrogens with zero attached hydrogens (tertiary/aromatic N) is 1. The third kappa shape index (κ3) is 4.50. The van der Waals surface area contributed by atoms with Crippen LogP contribution in [0.25, 0.3) is 11.1 Å². The van der Waals surface area contributed by atoms with Crippen LogP contribution < -0.4 is 10.2 Å². The maximum absolute atomic E-state index is 12.4. The van der Waals surface area contributed by atoms with Crippen molar-refractivity contribution in [3.63, 3.8) is 0 Å². The third-order valence-corrected chi connectivity index (χ3v) is 7.81. The topological polar surface area (TPSA) is 50.7 Å². The number of ether oxygens (including phenoxy) is 1. The van der Waals surface area contributed by atoms with Gasteiger partial charge >= 0.3 is 0 Å². The summed E-state index contributed by atoms with van der Waals surface area (Å²) in [5.41, 5.74) is 8.61. The van der Waals surface area contributed by atoms with Gasteiger partial charge in [-0.15, -0.1) is 11.8 Å². The molecule has 0 atom stereocenters. The number of thioether (sulfide) groups is 2. The van der Waals surface area contributed by atoms with E-state index in [-0.39, 0.29) is 11.2 Å². The van der Waals surface area contributed by atoms with Gasteiger partial charge in [0.15, 0.2) is 0 Å². The predicted octanol–water partition coefficient (Wildman–Crippen LogP) is 5.13. The molecule has 0 saturated carbocycles. The molecule has 1 fully saturated rings. The summed E-state index contributed by atoms with van der Waals surface area (Å²) in [6.45, 7) is 0. The quantitative estimate of drug-likeness (QED) is 0.404. The van der Waals surface area contributed by atoms with Crippen molar-refractivity contribution >= 4 is 35.6 Å². The molecule has 0 spiro atoms. The number of hydrazone groups is 1. The fourth-order valence-corrected chi connectivity index (χ4v) is 5.52. The van der Waals surface area contributed by atoms with E-state index in [0.717, 1.165) is 22.8 Å². The second-order valence-electron chi connectivity index (χ2n) is 7.51. The number of fused-ring (bicyclic) bond motifs is 3. The van der Waals surface area contributed by atoms with Crippen molar-refractivity contribution in [3.05, 3.63) is 89.5 Å². The Kier molecular flexibility index (Phi) is 6.00. The molecule has 1 aliphatic carbocycles. The van der Waals surface area contributed by atoms with Crippen LogP contribution in [0.5, 0.6) is 5.75 Å². The van der Waals surface area contributed by atoms with Crippen molar-refractivity contribution in [2.45, 2.75) is 11.4 Å². The van der Waals surface area contributed by atoms with E-state index in [4.69, 9.17) is 4.74 Å². The minimum Gasteiger partial charge on any atom is -0.489 e. The molecule has 1 N–H and O–H groups in total. The monoisotopic (exact) mass is 446 g/mol. The highest BCUT2D eigenvalue weighted by molar-refractivity contribution is 8.00.